The van der Waals surface area contributed by atoms with Crippen LogP contribution in [0.15, 0.2) is 18.2 Å². The Bertz CT molecular complexity index is 400. The Labute approximate surface area is 114 Å². The van der Waals surface area contributed by atoms with Crippen LogP contribution in [-0.2, 0) is 4.74 Å². The largest absolute Gasteiger partial charge is 0.496 e. The smallest absolute Gasteiger partial charge is 0.127 e. The molecule has 1 saturated heterocycles. The van der Waals surface area contributed by atoms with E-state index in [9.17, 15) is 0 Å². The van der Waals surface area contributed by atoms with Gasteiger partial charge in [0.1, 0.15) is 11.5 Å². The molecule has 0 radical (unpaired) electrons. The molecule has 1 aromatic rings. The van der Waals surface area contributed by atoms with Gasteiger partial charge in [0.2, 0.25) is 0 Å². The maximum absolute atomic E-state index is 6.02. The van der Waals surface area contributed by atoms with Gasteiger partial charge in [-0.05, 0) is 37.8 Å². The first-order valence-electron chi connectivity index (χ1n) is 6.85. The number of hydrogen-bond donors (Lipinski definition) is 1. The van der Waals surface area contributed by atoms with Crippen molar-refractivity contribution in [2.45, 2.75) is 25.8 Å². The molecule has 0 aliphatic carbocycles. The zero-order valence-corrected chi connectivity index (χ0v) is 11.7. The molecule has 1 heterocycles. The van der Waals surface area contributed by atoms with Gasteiger partial charge in [0, 0.05) is 19.3 Å². The molecule has 1 aliphatic heterocycles. The van der Waals surface area contributed by atoms with Crippen LogP contribution >= 0.6 is 0 Å². The Hall–Kier alpha value is -1.26. The molecule has 19 heavy (non-hydrogen) atoms. The minimum Gasteiger partial charge on any atom is -0.496 e. The molecule has 1 atom stereocenters. The number of ether oxygens (including phenoxy) is 3. The van der Waals surface area contributed by atoms with E-state index >= 15 is 0 Å². The zero-order valence-electron chi connectivity index (χ0n) is 11.7. The minimum absolute atomic E-state index is 0.110. The van der Waals surface area contributed by atoms with Crippen LogP contribution in [0.3, 0.4) is 0 Å². The van der Waals surface area contributed by atoms with Crippen LogP contribution in [0.25, 0.3) is 0 Å². The quantitative estimate of drug-likeness (QED) is 0.889. The van der Waals surface area contributed by atoms with Gasteiger partial charge in [-0.15, -0.1) is 0 Å². The van der Waals surface area contributed by atoms with Gasteiger partial charge >= 0.3 is 0 Å². The van der Waals surface area contributed by atoms with E-state index in [-0.39, 0.29) is 6.04 Å². The fourth-order valence-corrected chi connectivity index (χ4v) is 2.40. The lowest BCUT2D eigenvalue weighted by Gasteiger charge is -2.23. The fourth-order valence-electron chi connectivity index (χ4n) is 2.40. The zero-order chi connectivity index (χ0) is 13.7. The van der Waals surface area contributed by atoms with Crippen molar-refractivity contribution >= 4 is 0 Å². The molecular formula is C15H23NO3. The van der Waals surface area contributed by atoms with Crippen LogP contribution in [0.1, 0.15) is 31.4 Å². The molecule has 0 unspecified atom stereocenters. The van der Waals surface area contributed by atoms with E-state index in [1.165, 1.54) is 0 Å². The molecule has 2 N–H and O–H groups in total. The molecule has 0 saturated carbocycles. The van der Waals surface area contributed by atoms with Crippen LogP contribution in [0, 0.1) is 5.92 Å². The molecule has 1 aromatic carbocycles. The van der Waals surface area contributed by atoms with E-state index in [1.807, 2.05) is 25.1 Å². The normalized spacial score (nSPS) is 18.1. The van der Waals surface area contributed by atoms with Gasteiger partial charge in [-0.1, -0.05) is 6.07 Å². The standard InChI is InChI=1S/C15H23NO3/c1-11(16)15-13(17-2)4-3-5-14(15)19-10-12-6-8-18-9-7-12/h3-5,11-12H,6-10,16H2,1-2H3/t11-/m1/s1. The van der Waals surface area contributed by atoms with Crippen molar-refractivity contribution in [3.63, 3.8) is 0 Å². The first-order chi connectivity index (χ1) is 9.22. The molecule has 0 spiro atoms. The molecule has 4 heteroatoms. The number of benzene rings is 1. The Morgan fingerprint density at radius 1 is 1.32 bits per heavy atom. The van der Waals surface area contributed by atoms with E-state index in [0.717, 1.165) is 49.7 Å². The average molecular weight is 265 g/mol. The van der Waals surface area contributed by atoms with Crippen LogP contribution in [0.4, 0.5) is 0 Å². The first-order valence-corrected chi connectivity index (χ1v) is 6.85. The SMILES string of the molecule is COc1cccc(OCC2CCOCC2)c1[C@@H](C)N. The summed E-state index contributed by atoms with van der Waals surface area (Å²) in [5.74, 6) is 2.20. The van der Waals surface area contributed by atoms with Crippen LogP contribution in [-0.4, -0.2) is 26.9 Å². The third-order valence-corrected chi connectivity index (χ3v) is 3.52. The second kappa shape index (κ2) is 6.78. The summed E-state index contributed by atoms with van der Waals surface area (Å²) in [7, 11) is 1.66. The lowest BCUT2D eigenvalue weighted by Crippen LogP contribution is -2.22. The van der Waals surface area contributed by atoms with Crippen molar-refractivity contribution in [3.8, 4) is 11.5 Å². The summed E-state index contributed by atoms with van der Waals surface area (Å²) in [5.41, 5.74) is 6.96. The number of rotatable bonds is 5. The Kier molecular flexibility index (Phi) is 5.05. The summed E-state index contributed by atoms with van der Waals surface area (Å²) in [4.78, 5) is 0. The van der Waals surface area contributed by atoms with Crippen LogP contribution in [0.2, 0.25) is 0 Å². The third-order valence-electron chi connectivity index (χ3n) is 3.52. The molecule has 0 amide bonds. The van der Waals surface area contributed by atoms with Gasteiger partial charge < -0.3 is 19.9 Å². The summed E-state index contributed by atoms with van der Waals surface area (Å²) in [6.45, 7) is 4.34. The van der Waals surface area contributed by atoms with E-state index in [2.05, 4.69) is 0 Å². The van der Waals surface area contributed by atoms with Gasteiger partial charge in [0.05, 0.1) is 19.3 Å². The predicted octanol–water partition coefficient (Wildman–Crippen LogP) is 2.52. The maximum atomic E-state index is 6.02. The molecular weight excluding hydrogens is 242 g/mol. The van der Waals surface area contributed by atoms with Crippen molar-refractivity contribution in [2.75, 3.05) is 26.9 Å². The van der Waals surface area contributed by atoms with E-state index in [0.29, 0.717) is 5.92 Å². The maximum Gasteiger partial charge on any atom is 0.127 e. The van der Waals surface area contributed by atoms with Crippen molar-refractivity contribution in [2.24, 2.45) is 11.7 Å². The average Bonchev–Trinajstić information content (AvgIpc) is 2.45. The summed E-state index contributed by atoms with van der Waals surface area (Å²) in [6.07, 6.45) is 2.13. The summed E-state index contributed by atoms with van der Waals surface area (Å²) in [6, 6.07) is 5.70. The third kappa shape index (κ3) is 3.61. The highest BCUT2D eigenvalue weighted by Gasteiger charge is 2.18. The van der Waals surface area contributed by atoms with Crippen LogP contribution in [0.5, 0.6) is 11.5 Å². The van der Waals surface area contributed by atoms with Crippen LogP contribution < -0.4 is 15.2 Å². The van der Waals surface area contributed by atoms with Crippen molar-refractivity contribution in [1.29, 1.82) is 0 Å². The lowest BCUT2D eigenvalue weighted by molar-refractivity contribution is 0.0495. The summed E-state index contributed by atoms with van der Waals surface area (Å²) >= 11 is 0. The topological polar surface area (TPSA) is 53.7 Å². The molecule has 0 bridgehead atoms. The Morgan fingerprint density at radius 2 is 2.00 bits per heavy atom. The van der Waals surface area contributed by atoms with Gasteiger partial charge in [-0.25, -0.2) is 0 Å². The fraction of sp³-hybridized carbons (Fsp3) is 0.600. The monoisotopic (exact) mass is 265 g/mol. The van der Waals surface area contributed by atoms with Gasteiger partial charge in [0.15, 0.2) is 0 Å². The van der Waals surface area contributed by atoms with Gasteiger partial charge in [-0.2, -0.15) is 0 Å². The van der Waals surface area contributed by atoms with Crippen molar-refractivity contribution in [1.82, 2.24) is 0 Å². The second-order valence-corrected chi connectivity index (χ2v) is 5.03. The minimum atomic E-state index is -0.110. The Morgan fingerprint density at radius 3 is 2.63 bits per heavy atom. The van der Waals surface area contributed by atoms with E-state index in [4.69, 9.17) is 19.9 Å². The highest BCUT2D eigenvalue weighted by atomic mass is 16.5. The Balaban J connectivity index is 2.06. The molecule has 2 rings (SSSR count). The molecule has 106 valence electrons. The summed E-state index contributed by atoms with van der Waals surface area (Å²) < 4.78 is 16.7. The number of hydrogen-bond acceptors (Lipinski definition) is 4. The number of methoxy groups -OCH3 is 1. The van der Waals surface area contributed by atoms with Gasteiger partial charge in [0.25, 0.3) is 0 Å². The van der Waals surface area contributed by atoms with E-state index < -0.39 is 0 Å². The predicted molar refractivity (Wildman–Crippen MR) is 74.6 cm³/mol. The summed E-state index contributed by atoms with van der Waals surface area (Å²) in [5, 5.41) is 0. The van der Waals surface area contributed by atoms with Crippen molar-refractivity contribution in [3.05, 3.63) is 23.8 Å². The first kappa shape index (κ1) is 14.2. The van der Waals surface area contributed by atoms with Gasteiger partial charge in [-0.3, -0.25) is 0 Å². The van der Waals surface area contributed by atoms with E-state index in [1.54, 1.807) is 7.11 Å². The lowest BCUT2D eigenvalue weighted by atomic mass is 10.0. The highest BCUT2D eigenvalue weighted by molar-refractivity contribution is 5.46. The molecule has 1 aliphatic rings. The molecule has 4 nitrogen and oxygen atoms in total. The van der Waals surface area contributed by atoms with Crippen molar-refractivity contribution < 1.29 is 14.2 Å². The number of nitrogens with two attached hydrogens (primary N) is 1. The molecule has 0 aromatic heterocycles. The second-order valence-electron chi connectivity index (χ2n) is 5.03. The molecule has 1 fully saturated rings. The highest BCUT2D eigenvalue weighted by Crippen LogP contribution is 2.33.